The first-order valence-corrected chi connectivity index (χ1v) is 6.10. The molecule has 74 valence electrons. The highest BCUT2D eigenvalue weighted by Crippen LogP contribution is 2.00. The molecule has 0 aromatic heterocycles. The summed E-state index contributed by atoms with van der Waals surface area (Å²) >= 11 is 1.87. The molecule has 2 N–H and O–H groups in total. The van der Waals surface area contributed by atoms with Gasteiger partial charge in [0.2, 0.25) is 0 Å². The number of hydrogen-bond donors (Lipinski definition) is 1. The van der Waals surface area contributed by atoms with Gasteiger partial charge in [0.05, 0.1) is 0 Å². The molecule has 0 heterocycles. The van der Waals surface area contributed by atoms with E-state index in [1.165, 1.54) is 5.75 Å². The van der Waals surface area contributed by atoms with Crippen LogP contribution in [0.3, 0.4) is 0 Å². The minimum atomic E-state index is 0.359. The zero-order chi connectivity index (χ0) is 9.40. The lowest BCUT2D eigenvalue weighted by Gasteiger charge is -2.22. The van der Waals surface area contributed by atoms with Crippen LogP contribution in [0.2, 0.25) is 0 Å². The Balaban J connectivity index is 3.44. The van der Waals surface area contributed by atoms with Crippen molar-refractivity contribution in [3.63, 3.8) is 0 Å². The van der Waals surface area contributed by atoms with Gasteiger partial charge >= 0.3 is 0 Å². The summed E-state index contributed by atoms with van der Waals surface area (Å²) in [6.07, 6.45) is 3.27. The second-order valence-corrected chi connectivity index (χ2v) is 4.01. The Bertz CT molecular complexity index is 94.5. The van der Waals surface area contributed by atoms with Crippen molar-refractivity contribution in [2.45, 2.75) is 26.3 Å². The van der Waals surface area contributed by atoms with Gasteiger partial charge in [0.1, 0.15) is 0 Å². The van der Waals surface area contributed by atoms with Crippen LogP contribution >= 0.6 is 11.8 Å². The molecule has 0 aliphatic rings. The molecule has 0 bridgehead atoms. The lowest BCUT2D eigenvalue weighted by atomic mass is 10.2. The molecule has 0 aromatic carbocycles. The van der Waals surface area contributed by atoms with Crippen molar-refractivity contribution in [3.05, 3.63) is 0 Å². The highest BCUT2D eigenvalue weighted by atomic mass is 32.2. The average molecular weight is 190 g/mol. The van der Waals surface area contributed by atoms with Gasteiger partial charge in [-0.05, 0) is 31.5 Å². The number of nitrogens with zero attached hydrogens (tertiary/aromatic N) is 1. The van der Waals surface area contributed by atoms with Crippen molar-refractivity contribution in [3.8, 4) is 0 Å². The molecule has 0 rings (SSSR count). The van der Waals surface area contributed by atoms with E-state index in [1.54, 1.807) is 0 Å². The summed E-state index contributed by atoms with van der Waals surface area (Å²) in [5.74, 6) is 1.18. The van der Waals surface area contributed by atoms with Crippen molar-refractivity contribution in [1.29, 1.82) is 0 Å². The monoisotopic (exact) mass is 190 g/mol. The predicted octanol–water partition coefficient (Wildman–Crippen LogP) is 1.41. The number of likely N-dealkylation sites (N-methyl/N-ethyl adjacent to an activating group) is 1. The van der Waals surface area contributed by atoms with Gasteiger partial charge in [-0.15, -0.1) is 0 Å². The second-order valence-electron chi connectivity index (χ2n) is 3.03. The quantitative estimate of drug-likeness (QED) is 0.658. The molecule has 0 saturated heterocycles. The van der Waals surface area contributed by atoms with Gasteiger partial charge in [0, 0.05) is 12.6 Å². The van der Waals surface area contributed by atoms with Crippen molar-refractivity contribution in [1.82, 2.24) is 4.90 Å². The summed E-state index contributed by atoms with van der Waals surface area (Å²) < 4.78 is 0. The molecule has 0 aliphatic carbocycles. The molecule has 0 aromatic rings. The number of rotatable bonds is 7. The molecule has 0 spiro atoms. The third-order valence-electron chi connectivity index (χ3n) is 2.08. The number of hydrogen-bond acceptors (Lipinski definition) is 3. The molecule has 1 atom stereocenters. The average Bonchev–Trinajstić information content (AvgIpc) is 2.10. The summed E-state index contributed by atoms with van der Waals surface area (Å²) in [7, 11) is 0. The predicted molar refractivity (Wildman–Crippen MR) is 58.8 cm³/mol. The van der Waals surface area contributed by atoms with Crippen LogP contribution in [0.15, 0.2) is 0 Å². The van der Waals surface area contributed by atoms with Gasteiger partial charge < -0.3 is 10.6 Å². The Labute approximate surface area is 80.9 Å². The van der Waals surface area contributed by atoms with E-state index in [-0.39, 0.29) is 0 Å². The molecule has 0 fully saturated rings. The van der Waals surface area contributed by atoms with Crippen molar-refractivity contribution < 1.29 is 0 Å². The van der Waals surface area contributed by atoms with Crippen LogP contribution in [-0.4, -0.2) is 42.6 Å². The fraction of sp³-hybridized carbons (Fsp3) is 1.00. The van der Waals surface area contributed by atoms with Gasteiger partial charge in [0.25, 0.3) is 0 Å². The number of nitrogens with two attached hydrogens (primary N) is 1. The summed E-state index contributed by atoms with van der Waals surface area (Å²) in [6.45, 7) is 7.65. The second kappa shape index (κ2) is 7.90. The normalized spacial score (nSPS) is 13.8. The van der Waals surface area contributed by atoms with E-state index in [0.29, 0.717) is 6.04 Å². The highest BCUT2D eigenvalue weighted by molar-refractivity contribution is 7.98. The fourth-order valence-electron chi connectivity index (χ4n) is 1.17. The topological polar surface area (TPSA) is 29.3 Å². The van der Waals surface area contributed by atoms with E-state index in [4.69, 9.17) is 5.73 Å². The van der Waals surface area contributed by atoms with Crippen LogP contribution in [-0.2, 0) is 0 Å². The summed E-state index contributed by atoms with van der Waals surface area (Å²) in [5, 5.41) is 0. The Kier molecular flexibility index (Phi) is 8.07. The molecule has 0 aliphatic heterocycles. The van der Waals surface area contributed by atoms with E-state index in [9.17, 15) is 0 Å². The lowest BCUT2D eigenvalue weighted by molar-refractivity contribution is 0.281. The van der Waals surface area contributed by atoms with Crippen molar-refractivity contribution in [2.24, 2.45) is 5.73 Å². The molecule has 0 saturated carbocycles. The van der Waals surface area contributed by atoms with Crippen LogP contribution < -0.4 is 5.73 Å². The lowest BCUT2D eigenvalue weighted by Crippen LogP contribution is -2.37. The van der Waals surface area contributed by atoms with Gasteiger partial charge in [0.15, 0.2) is 0 Å². The molecule has 12 heavy (non-hydrogen) atoms. The molecule has 0 amide bonds. The maximum Gasteiger partial charge on any atom is 0.0175 e. The maximum atomic E-state index is 5.96. The van der Waals surface area contributed by atoms with Crippen molar-refractivity contribution in [2.75, 3.05) is 31.6 Å². The Hall–Kier alpha value is 0.270. The maximum absolute atomic E-state index is 5.96. The smallest absolute Gasteiger partial charge is 0.0175 e. The Morgan fingerprint density at radius 2 is 1.92 bits per heavy atom. The number of thioether (sulfide) groups is 1. The van der Waals surface area contributed by atoms with Gasteiger partial charge in [-0.2, -0.15) is 11.8 Å². The van der Waals surface area contributed by atoms with Crippen LogP contribution in [0.5, 0.6) is 0 Å². The summed E-state index contributed by atoms with van der Waals surface area (Å²) in [5.41, 5.74) is 5.96. The zero-order valence-corrected chi connectivity index (χ0v) is 9.36. The fourth-order valence-corrected chi connectivity index (χ4v) is 1.71. The molecular weight excluding hydrogens is 168 g/mol. The van der Waals surface area contributed by atoms with Gasteiger partial charge in [-0.1, -0.05) is 13.8 Å². The van der Waals surface area contributed by atoms with Gasteiger partial charge in [-0.3, -0.25) is 0 Å². The van der Waals surface area contributed by atoms with E-state index < -0.39 is 0 Å². The molecule has 0 radical (unpaired) electrons. The van der Waals surface area contributed by atoms with E-state index in [1.807, 2.05) is 11.8 Å². The molecular formula is C9H22N2S. The highest BCUT2D eigenvalue weighted by Gasteiger charge is 2.06. The molecule has 0 unspecified atom stereocenters. The van der Waals surface area contributed by atoms with Crippen LogP contribution in [0.4, 0.5) is 0 Å². The SMILES string of the molecule is CCN(CC)C[C@H](N)CCSC. The Morgan fingerprint density at radius 1 is 1.33 bits per heavy atom. The van der Waals surface area contributed by atoms with Crippen LogP contribution in [0, 0.1) is 0 Å². The van der Waals surface area contributed by atoms with E-state index in [2.05, 4.69) is 25.0 Å². The third-order valence-corrected chi connectivity index (χ3v) is 2.72. The zero-order valence-electron chi connectivity index (χ0n) is 8.55. The minimum absolute atomic E-state index is 0.359. The molecule has 3 heteroatoms. The Morgan fingerprint density at radius 3 is 2.33 bits per heavy atom. The minimum Gasteiger partial charge on any atom is -0.327 e. The first kappa shape index (κ1) is 12.3. The van der Waals surface area contributed by atoms with Crippen LogP contribution in [0.1, 0.15) is 20.3 Å². The summed E-state index contributed by atoms with van der Waals surface area (Å²) in [4.78, 5) is 2.38. The first-order chi connectivity index (χ1) is 5.74. The van der Waals surface area contributed by atoms with E-state index >= 15 is 0 Å². The van der Waals surface area contributed by atoms with Crippen molar-refractivity contribution >= 4 is 11.8 Å². The third kappa shape index (κ3) is 5.86. The largest absolute Gasteiger partial charge is 0.327 e. The van der Waals surface area contributed by atoms with Gasteiger partial charge in [-0.25, -0.2) is 0 Å². The standard InChI is InChI=1S/C9H22N2S/c1-4-11(5-2)8-9(10)6-7-12-3/h9H,4-8,10H2,1-3H3/t9-/m1/s1. The summed E-state index contributed by atoms with van der Waals surface area (Å²) in [6, 6.07) is 0.359. The first-order valence-electron chi connectivity index (χ1n) is 4.71. The van der Waals surface area contributed by atoms with E-state index in [0.717, 1.165) is 26.1 Å². The van der Waals surface area contributed by atoms with Crippen LogP contribution in [0.25, 0.3) is 0 Å². The molecule has 2 nitrogen and oxygen atoms in total.